The molecule has 7 heteroatoms. The summed E-state index contributed by atoms with van der Waals surface area (Å²) in [5, 5.41) is 10.3. The largest absolute Gasteiger partial charge is 0.497 e. The number of piperazine rings is 1. The van der Waals surface area contributed by atoms with Gasteiger partial charge in [-0.15, -0.1) is 0 Å². The predicted octanol–water partition coefficient (Wildman–Crippen LogP) is 4.37. The summed E-state index contributed by atoms with van der Waals surface area (Å²) in [6.07, 6.45) is 1.35. The first-order chi connectivity index (χ1) is 17.9. The van der Waals surface area contributed by atoms with Crippen LogP contribution in [0.1, 0.15) is 52.2 Å². The second-order valence-electron chi connectivity index (χ2n) is 10.2. The Morgan fingerprint density at radius 1 is 1.05 bits per heavy atom. The quantitative estimate of drug-likeness (QED) is 0.522. The number of methoxy groups -OCH3 is 1. The standard InChI is InChI=1S/C30H32N4O3/c1-30(2)18-24-25(19-31)28(32-27(26(24)20-37-30)17-21-7-5-4-6-8-21)33-13-15-34(16-14-33)29(35)22-9-11-23(36-3)12-10-22/h4-12H,13-18,20H2,1-3H3. The number of carbonyl (C=O) groups is 1. The maximum absolute atomic E-state index is 13.1. The minimum absolute atomic E-state index is 0.00451. The zero-order valence-corrected chi connectivity index (χ0v) is 21.7. The molecule has 1 fully saturated rings. The van der Waals surface area contributed by atoms with Gasteiger partial charge in [0.1, 0.15) is 17.6 Å². The van der Waals surface area contributed by atoms with Crippen LogP contribution in [0.15, 0.2) is 54.6 Å². The number of rotatable bonds is 5. The molecular formula is C30H32N4O3. The van der Waals surface area contributed by atoms with Crippen molar-refractivity contribution in [3.63, 3.8) is 0 Å². The molecule has 0 bridgehead atoms. The molecule has 5 rings (SSSR count). The zero-order valence-electron chi connectivity index (χ0n) is 21.7. The maximum Gasteiger partial charge on any atom is 0.253 e. The fourth-order valence-electron chi connectivity index (χ4n) is 5.14. The van der Waals surface area contributed by atoms with Gasteiger partial charge in [0.2, 0.25) is 0 Å². The highest BCUT2D eigenvalue weighted by atomic mass is 16.5. The van der Waals surface area contributed by atoms with Crippen molar-refractivity contribution in [1.29, 1.82) is 5.26 Å². The molecule has 0 radical (unpaired) electrons. The summed E-state index contributed by atoms with van der Waals surface area (Å²) in [4.78, 5) is 22.2. The number of hydrogen-bond acceptors (Lipinski definition) is 6. The third-order valence-corrected chi connectivity index (χ3v) is 7.22. The second-order valence-corrected chi connectivity index (χ2v) is 10.2. The van der Waals surface area contributed by atoms with E-state index in [4.69, 9.17) is 14.5 Å². The lowest BCUT2D eigenvalue weighted by Crippen LogP contribution is -2.49. The summed E-state index contributed by atoms with van der Waals surface area (Å²) < 4.78 is 11.3. The Hall–Kier alpha value is -3.89. The van der Waals surface area contributed by atoms with E-state index in [2.05, 4.69) is 36.9 Å². The number of hydrogen-bond donors (Lipinski definition) is 0. The molecular weight excluding hydrogens is 464 g/mol. The van der Waals surface area contributed by atoms with Crippen LogP contribution in [0, 0.1) is 11.3 Å². The summed E-state index contributed by atoms with van der Waals surface area (Å²) in [7, 11) is 1.61. The van der Waals surface area contributed by atoms with E-state index in [9.17, 15) is 10.1 Å². The van der Waals surface area contributed by atoms with Gasteiger partial charge in [-0.2, -0.15) is 5.26 Å². The summed E-state index contributed by atoms with van der Waals surface area (Å²) in [6, 6.07) is 19.9. The Bertz CT molecular complexity index is 1320. The molecule has 0 spiro atoms. The van der Waals surface area contributed by atoms with Crippen LogP contribution in [0.25, 0.3) is 0 Å². The van der Waals surface area contributed by atoms with Gasteiger partial charge in [0.25, 0.3) is 5.91 Å². The number of anilines is 1. The molecule has 3 heterocycles. The molecule has 1 amide bonds. The van der Waals surface area contributed by atoms with Crippen LogP contribution >= 0.6 is 0 Å². The average molecular weight is 497 g/mol. The fourth-order valence-corrected chi connectivity index (χ4v) is 5.14. The average Bonchev–Trinajstić information content (AvgIpc) is 2.92. The molecule has 7 nitrogen and oxygen atoms in total. The normalized spacial score (nSPS) is 16.6. The number of nitrogens with zero attached hydrogens (tertiary/aromatic N) is 4. The Kier molecular flexibility index (Phi) is 6.86. The van der Waals surface area contributed by atoms with Crippen LogP contribution in [-0.4, -0.2) is 54.7 Å². The molecule has 0 aliphatic carbocycles. The molecule has 3 aromatic rings. The van der Waals surface area contributed by atoms with Crippen molar-refractivity contribution >= 4 is 11.7 Å². The van der Waals surface area contributed by atoms with E-state index in [0.29, 0.717) is 56.8 Å². The predicted molar refractivity (Wildman–Crippen MR) is 142 cm³/mol. The molecule has 2 aliphatic heterocycles. The number of nitriles is 1. The summed E-state index contributed by atoms with van der Waals surface area (Å²) in [5.74, 6) is 1.45. The van der Waals surface area contributed by atoms with E-state index < -0.39 is 0 Å². The third kappa shape index (κ3) is 5.16. The van der Waals surface area contributed by atoms with E-state index >= 15 is 0 Å². The van der Waals surface area contributed by atoms with Crippen LogP contribution < -0.4 is 9.64 Å². The SMILES string of the molecule is COc1ccc(C(=O)N2CCN(c3nc(Cc4ccccc4)c4c(c3C#N)CC(C)(C)OC4)CC2)cc1. The van der Waals surface area contributed by atoms with E-state index in [1.807, 2.05) is 23.1 Å². The lowest BCUT2D eigenvalue weighted by atomic mass is 9.87. The van der Waals surface area contributed by atoms with Crippen LogP contribution in [0.4, 0.5) is 5.82 Å². The Morgan fingerprint density at radius 2 is 1.76 bits per heavy atom. The van der Waals surface area contributed by atoms with Crippen LogP contribution in [-0.2, 0) is 24.2 Å². The first-order valence-electron chi connectivity index (χ1n) is 12.7. The number of pyridine rings is 1. The van der Waals surface area contributed by atoms with Gasteiger partial charge in [-0.25, -0.2) is 4.98 Å². The summed E-state index contributed by atoms with van der Waals surface area (Å²) in [5.41, 5.74) is 5.16. The number of amides is 1. The van der Waals surface area contributed by atoms with Gasteiger partial charge >= 0.3 is 0 Å². The van der Waals surface area contributed by atoms with Gasteiger partial charge in [0.15, 0.2) is 0 Å². The van der Waals surface area contributed by atoms with Crippen molar-refractivity contribution in [1.82, 2.24) is 9.88 Å². The van der Waals surface area contributed by atoms with E-state index in [0.717, 1.165) is 28.4 Å². The molecule has 190 valence electrons. The monoisotopic (exact) mass is 496 g/mol. The number of benzene rings is 2. The molecule has 37 heavy (non-hydrogen) atoms. The van der Waals surface area contributed by atoms with Gasteiger partial charge in [-0.05, 0) is 49.2 Å². The summed E-state index contributed by atoms with van der Waals surface area (Å²) in [6.45, 7) is 6.96. The lowest BCUT2D eigenvalue weighted by molar-refractivity contribution is -0.0406. The van der Waals surface area contributed by atoms with Gasteiger partial charge in [-0.3, -0.25) is 4.79 Å². The Balaban J connectivity index is 1.42. The van der Waals surface area contributed by atoms with Crippen molar-refractivity contribution in [3.05, 3.63) is 88.1 Å². The minimum atomic E-state index is -0.343. The summed E-state index contributed by atoms with van der Waals surface area (Å²) >= 11 is 0. The van der Waals surface area contributed by atoms with Crippen molar-refractivity contribution in [2.75, 3.05) is 38.2 Å². The highest BCUT2D eigenvalue weighted by Gasteiger charge is 2.34. The van der Waals surface area contributed by atoms with Crippen molar-refractivity contribution in [2.45, 2.75) is 38.9 Å². The van der Waals surface area contributed by atoms with Gasteiger partial charge < -0.3 is 19.3 Å². The Morgan fingerprint density at radius 3 is 2.41 bits per heavy atom. The number of fused-ring (bicyclic) bond motifs is 1. The van der Waals surface area contributed by atoms with Crippen LogP contribution in [0.5, 0.6) is 5.75 Å². The number of ether oxygens (including phenoxy) is 2. The molecule has 0 atom stereocenters. The number of carbonyl (C=O) groups excluding carboxylic acids is 1. The molecule has 0 N–H and O–H groups in total. The molecule has 2 aliphatic rings. The van der Waals surface area contributed by atoms with Crippen LogP contribution in [0.3, 0.4) is 0 Å². The highest BCUT2D eigenvalue weighted by molar-refractivity contribution is 5.94. The Labute approximate surface area is 218 Å². The third-order valence-electron chi connectivity index (χ3n) is 7.22. The van der Waals surface area contributed by atoms with E-state index in [1.54, 1.807) is 31.4 Å². The lowest BCUT2D eigenvalue weighted by Gasteiger charge is -2.38. The second kappa shape index (κ2) is 10.2. The molecule has 0 unspecified atom stereocenters. The topological polar surface area (TPSA) is 78.7 Å². The molecule has 2 aromatic carbocycles. The molecule has 0 saturated carbocycles. The smallest absolute Gasteiger partial charge is 0.253 e. The number of aromatic nitrogens is 1. The first-order valence-corrected chi connectivity index (χ1v) is 12.7. The van der Waals surface area contributed by atoms with Gasteiger partial charge in [-0.1, -0.05) is 30.3 Å². The van der Waals surface area contributed by atoms with Gasteiger partial charge in [0, 0.05) is 50.1 Å². The zero-order chi connectivity index (χ0) is 26.0. The van der Waals surface area contributed by atoms with Crippen LogP contribution in [0.2, 0.25) is 0 Å². The molecule has 1 aromatic heterocycles. The van der Waals surface area contributed by atoms with E-state index in [1.165, 1.54) is 5.56 Å². The van der Waals surface area contributed by atoms with Crippen molar-refractivity contribution in [2.24, 2.45) is 0 Å². The minimum Gasteiger partial charge on any atom is -0.497 e. The highest BCUT2D eigenvalue weighted by Crippen LogP contribution is 2.36. The molecule has 1 saturated heterocycles. The van der Waals surface area contributed by atoms with Gasteiger partial charge in [0.05, 0.1) is 30.6 Å². The van der Waals surface area contributed by atoms with E-state index in [-0.39, 0.29) is 11.5 Å². The first kappa shape index (κ1) is 24.8. The van der Waals surface area contributed by atoms with Crippen molar-refractivity contribution in [3.8, 4) is 11.8 Å². The fraction of sp³-hybridized carbons (Fsp3) is 0.367. The maximum atomic E-state index is 13.1. The van der Waals surface area contributed by atoms with Crippen molar-refractivity contribution < 1.29 is 14.3 Å².